The van der Waals surface area contributed by atoms with Crippen LogP contribution in [0.3, 0.4) is 0 Å². The smallest absolute Gasteiger partial charge is 0.263 e. The van der Waals surface area contributed by atoms with E-state index in [-0.39, 0.29) is 23.3 Å². The average molecular weight is 429 g/mol. The van der Waals surface area contributed by atoms with E-state index in [9.17, 15) is 9.59 Å². The molecule has 3 heterocycles. The average Bonchev–Trinajstić information content (AvgIpc) is 3.38. The summed E-state index contributed by atoms with van der Waals surface area (Å²) in [5.41, 5.74) is 0.746. The van der Waals surface area contributed by atoms with Crippen molar-refractivity contribution < 1.29 is 9.59 Å². The van der Waals surface area contributed by atoms with Gasteiger partial charge >= 0.3 is 0 Å². The molecule has 1 aliphatic carbocycles. The van der Waals surface area contributed by atoms with Crippen LogP contribution in [-0.4, -0.2) is 47.3 Å². The minimum Gasteiger partial charge on any atom is -0.339 e. The van der Waals surface area contributed by atoms with Crippen LogP contribution in [0.4, 0.5) is 0 Å². The zero-order valence-corrected chi connectivity index (χ0v) is 17.9. The molecule has 0 spiro atoms. The van der Waals surface area contributed by atoms with Gasteiger partial charge in [0.05, 0.1) is 10.3 Å². The number of carbonyl (C=O) groups excluding carboxylic acids is 2. The molecular formula is C23H25ClN2O2S. The predicted molar refractivity (Wildman–Crippen MR) is 115 cm³/mol. The van der Waals surface area contributed by atoms with Crippen molar-refractivity contribution in [2.75, 3.05) is 19.6 Å². The van der Waals surface area contributed by atoms with Gasteiger partial charge in [-0.1, -0.05) is 29.8 Å². The lowest BCUT2D eigenvalue weighted by molar-refractivity contribution is -0.140. The molecule has 2 atom stereocenters. The first-order chi connectivity index (χ1) is 14.1. The highest BCUT2D eigenvalue weighted by atomic mass is 35.5. The Morgan fingerprint density at radius 2 is 1.86 bits per heavy atom. The number of fused-ring (bicyclic) bond motifs is 1. The van der Waals surface area contributed by atoms with E-state index < -0.39 is 0 Å². The Morgan fingerprint density at radius 3 is 2.55 bits per heavy atom. The molecule has 1 saturated carbocycles. The first kappa shape index (κ1) is 19.1. The van der Waals surface area contributed by atoms with Crippen LogP contribution in [0.5, 0.6) is 0 Å². The number of carbonyl (C=O) groups is 2. The number of rotatable bonds is 3. The van der Waals surface area contributed by atoms with Crippen molar-refractivity contribution in [2.24, 2.45) is 5.92 Å². The number of nitrogens with zero attached hydrogens (tertiary/aromatic N) is 2. The maximum atomic E-state index is 13.6. The zero-order valence-electron chi connectivity index (χ0n) is 16.4. The summed E-state index contributed by atoms with van der Waals surface area (Å²) in [6.07, 6.45) is 4.83. The van der Waals surface area contributed by atoms with Crippen LogP contribution < -0.4 is 0 Å². The molecule has 2 aromatic rings. The quantitative estimate of drug-likeness (QED) is 0.717. The number of amides is 2. The monoisotopic (exact) mass is 428 g/mol. The Kier molecular flexibility index (Phi) is 4.91. The number of thiophene rings is 1. The van der Waals surface area contributed by atoms with Gasteiger partial charge in [0.1, 0.15) is 0 Å². The molecule has 0 radical (unpaired) electrons. The summed E-state index contributed by atoms with van der Waals surface area (Å²) in [5, 5.41) is 2.66. The highest BCUT2D eigenvalue weighted by Crippen LogP contribution is 2.51. The van der Waals surface area contributed by atoms with E-state index >= 15 is 0 Å². The summed E-state index contributed by atoms with van der Waals surface area (Å²) < 4.78 is 0. The highest BCUT2D eigenvalue weighted by molar-refractivity contribution is 7.12. The molecule has 2 aliphatic heterocycles. The Morgan fingerprint density at radius 1 is 1.07 bits per heavy atom. The first-order valence-electron chi connectivity index (χ1n) is 10.5. The number of hydrogen-bond acceptors (Lipinski definition) is 3. The molecule has 1 aromatic heterocycles. The molecule has 3 aliphatic rings. The van der Waals surface area contributed by atoms with Crippen molar-refractivity contribution in [1.29, 1.82) is 0 Å². The molecule has 6 heteroatoms. The second kappa shape index (κ2) is 7.44. The van der Waals surface area contributed by atoms with Crippen LogP contribution in [0, 0.1) is 5.92 Å². The van der Waals surface area contributed by atoms with E-state index in [0.29, 0.717) is 10.9 Å². The second-order valence-electron chi connectivity index (χ2n) is 8.57. The zero-order chi connectivity index (χ0) is 20.0. The van der Waals surface area contributed by atoms with Crippen molar-refractivity contribution in [2.45, 2.75) is 43.6 Å². The maximum Gasteiger partial charge on any atom is 0.263 e. The molecule has 0 unspecified atom stereocenters. The molecular weight excluding hydrogens is 404 g/mol. The molecule has 5 rings (SSSR count). The van der Waals surface area contributed by atoms with Crippen molar-refractivity contribution >= 4 is 34.8 Å². The lowest BCUT2D eigenvalue weighted by atomic mass is 9.82. The van der Waals surface area contributed by atoms with Crippen molar-refractivity contribution in [1.82, 2.24) is 9.80 Å². The summed E-state index contributed by atoms with van der Waals surface area (Å²) in [5.74, 6) is 0.806. The number of piperidine rings is 2. The van der Waals surface area contributed by atoms with Gasteiger partial charge in [-0.2, -0.15) is 0 Å². The Bertz CT molecular complexity index is 907. The topological polar surface area (TPSA) is 40.6 Å². The third-order valence-corrected chi connectivity index (χ3v) is 8.01. The molecule has 0 N–H and O–H groups in total. The SMILES string of the molecule is O=C(c1cccs1)N1CC[C@H]2[C@H](CCCN2C(=O)C2(c3ccc(Cl)cc3)CC2)C1. The fourth-order valence-corrected chi connectivity index (χ4v) is 6.01. The molecule has 2 amide bonds. The molecule has 2 saturated heterocycles. The van der Waals surface area contributed by atoms with Crippen molar-refractivity contribution in [3.05, 3.63) is 57.2 Å². The van der Waals surface area contributed by atoms with Gasteiger partial charge in [-0.05, 0) is 67.2 Å². The molecule has 152 valence electrons. The van der Waals surface area contributed by atoms with Crippen LogP contribution in [0.25, 0.3) is 0 Å². The number of halogens is 1. The normalized spacial score (nSPS) is 25.4. The van der Waals surface area contributed by atoms with E-state index in [1.807, 2.05) is 46.7 Å². The van der Waals surface area contributed by atoms with Gasteiger partial charge in [0, 0.05) is 30.7 Å². The minimum absolute atomic E-state index is 0.140. The van der Waals surface area contributed by atoms with Crippen LogP contribution >= 0.6 is 22.9 Å². The van der Waals surface area contributed by atoms with Crippen molar-refractivity contribution in [3.8, 4) is 0 Å². The number of likely N-dealkylation sites (tertiary alicyclic amines) is 2. The molecule has 3 fully saturated rings. The van der Waals surface area contributed by atoms with Gasteiger partial charge in [-0.3, -0.25) is 9.59 Å². The van der Waals surface area contributed by atoms with Crippen molar-refractivity contribution in [3.63, 3.8) is 0 Å². The fraction of sp³-hybridized carbons (Fsp3) is 0.478. The standard InChI is InChI=1S/C23H25ClN2O2S/c24-18-7-5-17(6-8-18)23(10-11-23)22(28)26-12-1-3-16-15-25(13-9-19(16)26)21(27)20-4-2-14-29-20/h2,4-8,14,16,19H,1,3,9-13,15H2/t16-,19+/m1/s1. The number of hydrogen-bond donors (Lipinski definition) is 0. The summed E-state index contributed by atoms with van der Waals surface area (Å²) in [6.45, 7) is 2.34. The first-order valence-corrected chi connectivity index (χ1v) is 11.7. The Hall–Kier alpha value is -1.85. The predicted octanol–water partition coefficient (Wildman–Crippen LogP) is 4.59. The van der Waals surface area contributed by atoms with E-state index in [2.05, 4.69) is 4.90 Å². The van der Waals surface area contributed by atoms with E-state index in [1.165, 1.54) is 11.3 Å². The summed E-state index contributed by atoms with van der Waals surface area (Å²) in [4.78, 5) is 31.4. The van der Waals surface area contributed by atoms with Gasteiger partial charge in [0.15, 0.2) is 0 Å². The maximum absolute atomic E-state index is 13.6. The Balaban J connectivity index is 1.32. The van der Waals surface area contributed by atoms with Gasteiger partial charge in [0.25, 0.3) is 5.91 Å². The van der Waals surface area contributed by atoms with Crippen LogP contribution in [0.2, 0.25) is 5.02 Å². The summed E-state index contributed by atoms with van der Waals surface area (Å²) >= 11 is 7.56. The summed E-state index contributed by atoms with van der Waals surface area (Å²) in [7, 11) is 0. The lowest BCUT2D eigenvalue weighted by Gasteiger charge is -2.48. The third-order valence-electron chi connectivity index (χ3n) is 6.90. The number of benzene rings is 1. The van der Waals surface area contributed by atoms with Crippen LogP contribution in [-0.2, 0) is 10.2 Å². The van der Waals surface area contributed by atoms with E-state index in [1.54, 1.807) is 0 Å². The largest absolute Gasteiger partial charge is 0.339 e. The van der Waals surface area contributed by atoms with E-state index in [4.69, 9.17) is 11.6 Å². The fourth-order valence-electron chi connectivity index (χ4n) is 5.19. The van der Waals surface area contributed by atoms with Gasteiger partial charge < -0.3 is 9.80 Å². The van der Waals surface area contributed by atoms with E-state index in [0.717, 1.165) is 62.2 Å². The summed E-state index contributed by atoms with van der Waals surface area (Å²) in [6, 6.07) is 11.9. The van der Waals surface area contributed by atoms with Gasteiger partial charge in [-0.15, -0.1) is 11.3 Å². The molecule has 29 heavy (non-hydrogen) atoms. The third kappa shape index (κ3) is 3.38. The minimum atomic E-state index is -0.351. The van der Waals surface area contributed by atoms with Gasteiger partial charge in [-0.25, -0.2) is 0 Å². The lowest BCUT2D eigenvalue weighted by Crippen LogP contribution is -2.58. The molecule has 0 bridgehead atoms. The van der Waals surface area contributed by atoms with Crippen LogP contribution in [0.15, 0.2) is 41.8 Å². The Labute approximate surface area is 180 Å². The second-order valence-corrected chi connectivity index (χ2v) is 9.96. The molecule has 4 nitrogen and oxygen atoms in total. The van der Waals surface area contributed by atoms with Crippen LogP contribution in [0.1, 0.15) is 47.3 Å². The van der Waals surface area contributed by atoms with Gasteiger partial charge in [0.2, 0.25) is 5.91 Å². The molecule has 1 aromatic carbocycles. The highest BCUT2D eigenvalue weighted by Gasteiger charge is 2.55.